The van der Waals surface area contributed by atoms with Crippen LogP contribution >= 0.6 is 22.9 Å². The van der Waals surface area contributed by atoms with Gasteiger partial charge in [0.1, 0.15) is 10.0 Å². The standard InChI is InChI=1S/C13H15ClN2O3S/c1-17-9-6-8(7-10(18-2)12(9)19-3)13-16-15-11(20-13)4-5-14/h6-7H,4-5H2,1-3H3. The third kappa shape index (κ3) is 2.96. The molecule has 0 fully saturated rings. The molecule has 0 spiro atoms. The number of benzene rings is 1. The Balaban J connectivity index is 2.45. The van der Waals surface area contributed by atoms with Gasteiger partial charge in [0.15, 0.2) is 11.5 Å². The van der Waals surface area contributed by atoms with Gasteiger partial charge in [-0.2, -0.15) is 0 Å². The van der Waals surface area contributed by atoms with Crippen molar-refractivity contribution in [2.45, 2.75) is 6.42 Å². The van der Waals surface area contributed by atoms with Crippen LogP contribution in [0.5, 0.6) is 17.2 Å². The van der Waals surface area contributed by atoms with Crippen LogP contribution in [0, 0.1) is 0 Å². The molecule has 0 amide bonds. The molecule has 0 aliphatic rings. The first kappa shape index (κ1) is 14.9. The van der Waals surface area contributed by atoms with Gasteiger partial charge in [0, 0.05) is 17.9 Å². The smallest absolute Gasteiger partial charge is 0.203 e. The molecule has 20 heavy (non-hydrogen) atoms. The van der Waals surface area contributed by atoms with E-state index in [1.165, 1.54) is 11.3 Å². The Labute approximate surface area is 126 Å². The highest BCUT2D eigenvalue weighted by molar-refractivity contribution is 7.14. The summed E-state index contributed by atoms with van der Waals surface area (Å²) in [5.74, 6) is 2.28. The van der Waals surface area contributed by atoms with Gasteiger partial charge in [-0.15, -0.1) is 21.8 Å². The molecular weight excluding hydrogens is 300 g/mol. The predicted octanol–water partition coefficient (Wildman–Crippen LogP) is 3.01. The Hall–Kier alpha value is -1.53. The first-order chi connectivity index (χ1) is 9.73. The lowest BCUT2D eigenvalue weighted by molar-refractivity contribution is 0.324. The maximum atomic E-state index is 5.71. The van der Waals surface area contributed by atoms with Gasteiger partial charge in [0.05, 0.1) is 21.3 Å². The minimum Gasteiger partial charge on any atom is -0.493 e. The summed E-state index contributed by atoms with van der Waals surface area (Å²) < 4.78 is 15.9. The lowest BCUT2D eigenvalue weighted by Crippen LogP contribution is -1.95. The van der Waals surface area contributed by atoms with Crippen LogP contribution in [-0.2, 0) is 6.42 Å². The molecule has 1 heterocycles. The molecule has 2 aromatic rings. The Morgan fingerprint density at radius 1 is 1.05 bits per heavy atom. The fourth-order valence-corrected chi connectivity index (χ4v) is 2.87. The molecular formula is C13H15ClN2O3S. The summed E-state index contributed by atoms with van der Waals surface area (Å²) in [5.41, 5.74) is 0.873. The first-order valence-corrected chi connectivity index (χ1v) is 7.27. The number of aryl methyl sites for hydroxylation is 1. The highest BCUT2D eigenvalue weighted by Gasteiger charge is 2.16. The summed E-state index contributed by atoms with van der Waals surface area (Å²) in [6.45, 7) is 0. The quantitative estimate of drug-likeness (QED) is 0.767. The van der Waals surface area contributed by atoms with E-state index in [0.717, 1.165) is 15.6 Å². The number of hydrogen-bond acceptors (Lipinski definition) is 6. The van der Waals surface area contributed by atoms with Crippen LogP contribution in [0.1, 0.15) is 5.01 Å². The van der Waals surface area contributed by atoms with Crippen LogP contribution in [0.15, 0.2) is 12.1 Å². The van der Waals surface area contributed by atoms with Gasteiger partial charge in [-0.1, -0.05) is 11.3 Å². The minimum absolute atomic E-state index is 0.532. The van der Waals surface area contributed by atoms with E-state index in [4.69, 9.17) is 25.8 Å². The Morgan fingerprint density at radius 2 is 1.70 bits per heavy atom. The maximum Gasteiger partial charge on any atom is 0.203 e. The average molecular weight is 315 g/mol. The molecule has 5 nitrogen and oxygen atoms in total. The number of alkyl halides is 1. The van der Waals surface area contributed by atoms with Crippen molar-refractivity contribution < 1.29 is 14.2 Å². The van der Waals surface area contributed by atoms with Crippen molar-refractivity contribution >= 4 is 22.9 Å². The van der Waals surface area contributed by atoms with Crippen molar-refractivity contribution in [1.29, 1.82) is 0 Å². The molecule has 0 aliphatic heterocycles. The van der Waals surface area contributed by atoms with Crippen LogP contribution in [0.2, 0.25) is 0 Å². The van der Waals surface area contributed by atoms with Crippen molar-refractivity contribution in [2.75, 3.05) is 27.2 Å². The molecule has 1 aromatic carbocycles. The molecule has 0 radical (unpaired) electrons. The molecule has 0 bridgehead atoms. The first-order valence-electron chi connectivity index (χ1n) is 5.92. The lowest BCUT2D eigenvalue weighted by atomic mass is 10.2. The second-order valence-corrected chi connectivity index (χ2v) is 5.29. The zero-order valence-electron chi connectivity index (χ0n) is 11.5. The number of ether oxygens (including phenoxy) is 3. The molecule has 108 valence electrons. The van der Waals surface area contributed by atoms with Gasteiger partial charge < -0.3 is 14.2 Å². The maximum absolute atomic E-state index is 5.71. The van der Waals surface area contributed by atoms with Gasteiger partial charge in [-0.05, 0) is 12.1 Å². The molecule has 0 saturated carbocycles. The fraction of sp³-hybridized carbons (Fsp3) is 0.385. The monoisotopic (exact) mass is 314 g/mol. The SMILES string of the molecule is COc1cc(-c2nnc(CCCl)s2)cc(OC)c1OC. The molecule has 0 unspecified atom stereocenters. The van der Waals surface area contributed by atoms with E-state index in [0.29, 0.717) is 29.5 Å². The Bertz CT molecular complexity index is 564. The van der Waals surface area contributed by atoms with Crippen molar-refractivity contribution in [3.8, 4) is 27.8 Å². The third-order valence-electron chi connectivity index (χ3n) is 2.69. The number of aromatic nitrogens is 2. The highest BCUT2D eigenvalue weighted by atomic mass is 35.5. The lowest BCUT2D eigenvalue weighted by Gasteiger charge is -2.13. The molecule has 1 aromatic heterocycles. The van der Waals surface area contributed by atoms with Crippen molar-refractivity contribution in [1.82, 2.24) is 10.2 Å². The normalized spacial score (nSPS) is 10.4. The van der Waals surface area contributed by atoms with Gasteiger partial charge in [0.2, 0.25) is 5.75 Å². The topological polar surface area (TPSA) is 53.5 Å². The summed E-state index contributed by atoms with van der Waals surface area (Å²) in [4.78, 5) is 0. The molecule has 2 rings (SSSR count). The molecule has 7 heteroatoms. The Kier molecular flexibility index (Phi) is 5.03. The summed E-state index contributed by atoms with van der Waals surface area (Å²) in [6, 6.07) is 3.71. The number of rotatable bonds is 6. The van der Waals surface area contributed by atoms with E-state index in [9.17, 15) is 0 Å². The largest absolute Gasteiger partial charge is 0.493 e. The van der Waals surface area contributed by atoms with E-state index in [-0.39, 0.29) is 0 Å². The number of hydrogen-bond donors (Lipinski definition) is 0. The second kappa shape index (κ2) is 6.76. The average Bonchev–Trinajstić information content (AvgIpc) is 2.94. The van der Waals surface area contributed by atoms with Gasteiger partial charge in [0.25, 0.3) is 0 Å². The summed E-state index contributed by atoms with van der Waals surface area (Å²) >= 11 is 7.21. The van der Waals surface area contributed by atoms with Crippen LogP contribution in [0.25, 0.3) is 10.6 Å². The van der Waals surface area contributed by atoms with E-state index < -0.39 is 0 Å². The van der Waals surface area contributed by atoms with Gasteiger partial charge in [-0.3, -0.25) is 0 Å². The summed E-state index contributed by atoms with van der Waals surface area (Å²) in [5, 5.41) is 9.98. The van der Waals surface area contributed by atoms with E-state index in [1.54, 1.807) is 21.3 Å². The minimum atomic E-state index is 0.532. The van der Waals surface area contributed by atoms with Gasteiger partial charge >= 0.3 is 0 Å². The third-order valence-corrected chi connectivity index (χ3v) is 3.91. The number of nitrogens with zero attached hydrogens (tertiary/aromatic N) is 2. The zero-order valence-corrected chi connectivity index (χ0v) is 13.0. The van der Waals surface area contributed by atoms with Gasteiger partial charge in [-0.25, -0.2) is 0 Å². The van der Waals surface area contributed by atoms with E-state index in [1.807, 2.05) is 12.1 Å². The summed E-state index contributed by atoms with van der Waals surface area (Å²) in [6.07, 6.45) is 0.712. The Morgan fingerprint density at radius 3 is 2.20 bits per heavy atom. The zero-order chi connectivity index (χ0) is 14.5. The van der Waals surface area contributed by atoms with E-state index >= 15 is 0 Å². The van der Waals surface area contributed by atoms with Crippen molar-refractivity contribution in [3.63, 3.8) is 0 Å². The van der Waals surface area contributed by atoms with E-state index in [2.05, 4.69) is 10.2 Å². The molecule has 0 saturated heterocycles. The predicted molar refractivity (Wildman–Crippen MR) is 79.4 cm³/mol. The summed E-state index contributed by atoms with van der Waals surface area (Å²) in [7, 11) is 4.74. The van der Waals surface area contributed by atoms with Crippen molar-refractivity contribution in [3.05, 3.63) is 17.1 Å². The van der Waals surface area contributed by atoms with Crippen LogP contribution in [-0.4, -0.2) is 37.4 Å². The molecule has 0 aliphatic carbocycles. The van der Waals surface area contributed by atoms with Crippen LogP contribution < -0.4 is 14.2 Å². The molecule has 0 N–H and O–H groups in total. The highest BCUT2D eigenvalue weighted by Crippen LogP contribution is 2.41. The number of methoxy groups -OCH3 is 3. The van der Waals surface area contributed by atoms with Crippen LogP contribution in [0.3, 0.4) is 0 Å². The van der Waals surface area contributed by atoms with Crippen molar-refractivity contribution in [2.24, 2.45) is 0 Å². The number of halogens is 1. The fourth-order valence-electron chi connectivity index (χ4n) is 1.76. The second-order valence-electron chi connectivity index (χ2n) is 3.85. The van der Waals surface area contributed by atoms with Crippen LogP contribution in [0.4, 0.5) is 0 Å². The molecule has 0 atom stereocenters.